The fraction of sp³-hybridized carbons (Fsp3) is 0.481. The Labute approximate surface area is 216 Å². The van der Waals surface area contributed by atoms with E-state index >= 15 is 0 Å². The summed E-state index contributed by atoms with van der Waals surface area (Å²) in [6, 6.07) is 12.1. The van der Waals surface area contributed by atoms with Crippen LogP contribution in [0.25, 0.3) is 4.85 Å². The largest absolute Gasteiger partial charge is 0.395 e. The van der Waals surface area contributed by atoms with E-state index < -0.39 is 11.2 Å². The van der Waals surface area contributed by atoms with Crippen molar-refractivity contribution in [1.82, 2.24) is 9.88 Å². The molecule has 0 saturated carbocycles. The fourth-order valence-corrected chi connectivity index (χ4v) is 6.50. The van der Waals surface area contributed by atoms with Gasteiger partial charge in [-0.3, -0.25) is 9.69 Å². The van der Waals surface area contributed by atoms with Crippen LogP contribution in [0, 0.1) is 17.9 Å². The van der Waals surface area contributed by atoms with Gasteiger partial charge in [0.25, 0.3) is 0 Å². The average Bonchev–Trinajstić information content (AvgIpc) is 3.40. The van der Waals surface area contributed by atoms with Gasteiger partial charge < -0.3 is 15.7 Å². The molecule has 1 unspecified atom stereocenters. The number of hydrogen-bond donors (Lipinski definition) is 2. The Balaban J connectivity index is 1.66. The number of aliphatic hydroxyl groups is 1. The second kappa shape index (κ2) is 11.7. The molecule has 1 aromatic carbocycles. The van der Waals surface area contributed by atoms with Crippen molar-refractivity contribution in [3.8, 4) is 6.07 Å². The number of nitriles is 1. The van der Waals surface area contributed by atoms with Crippen LogP contribution in [0.4, 0.5) is 11.5 Å². The molecule has 9 heteroatoms. The van der Waals surface area contributed by atoms with Gasteiger partial charge in [0.1, 0.15) is 22.2 Å². The van der Waals surface area contributed by atoms with Crippen LogP contribution in [-0.2, 0) is 11.2 Å². The summed E-state index contributed by atoms with van der Waals surface area (Å²) in [4.78, 5) is 25.6. The van der Waals surface area contributed by atoms with E-state index in [4.69, 9.17) is 17.3 Å². The minimum atomic E-state index is -0.696. The molecule has 1 aromatic heterocycles. The smallest absolute Gasteiger partial charge is 0.235 e. The molecule has 0 spiro atoms. The van der Waals surface area contributed by atoms with Crippen LogP contribution in [0.15, 0.2) is 35.4 Å². The van der Waals surface area contributed by atoms with Crippen molar-refractivity contribution < 1.29 is 9.90 Å². The highest BCUT2D eigenvalue weighted by atomic mass is 32.2. The molecule has 188 valence electrons. The first-order chi connectivity index (χ1) is 17.5. The third-order valence-corrected chi connectivity index (χ3v) is 8.51. The molecule has 0 radical (unpaired) electrons. The standard InChI is InChI=1S/C27H32N6O2S/c1-3-21-22(16-28)27(36-24(25(29)35)18-8-5-4-6-9-18)31-26(23(21)30-2)32-14-11-19(12-15-32)33-13-7-10-20(33)17-34/h4-6,8-9,19-20,24,34H,3,7,10-15,17H2,1H3,(H2,29,35)/t20-,24?/m0/s1. The number of piperidine rings is 1. The predicted molar refractivity (Wildman–Crippen MR) is 141 cm³/mol. The first-order valence-electron chi connectivity index (χ1n) is 12.5. The molecule has 36 heavy (non-hydrogen) atoms. The molecule has 0 bridgehead atoms. The zero-order chi connectivity index (χ0) is 25.7. The normalized spacial score (nSPS) is 19.6. The monoisotopic (exact) mass is 504 g/mol. The van der Waals surface area contributed by atoms with E-state index in [9.17, 15) is 15.2 Å². The van der Waals surface area contributed by atoms with Gasteiger partial charge in [0.2, 0.25) is 11.6 Å². The molecule has 1 amide bonds. The van der Waals surface area contributed by atoms with E-state index in [1.165, 1.54) is 11.8 Å². The van der Waals surface area contributed by atoms with Crippen molar-refractivity contribution in [2.24, 2.45) is 5.73 Å². The summed E-state index contributed by atoms with van der Waals surface area (Å²) in [5.41, 5.74) is 7.94. The quantitative estimate of drug-likeness (QED) is 0.415. The lowest BCUT2D eigenvalue weighted by Gasteiger charge is -2.40. The summed E-state index contributed by atoms with van der Waals surface area (Å²) in [6.45, 7) is 12.5. The van der Waals surface area contributed by atoms with Gasteiger partial charge in [-0.25, -0.2) is 9.83 Å². The SMILES string of the molecule is [C-]#[N+]c1c(N2CCC(N3CCC[C@H]3CO)CC2)nc(SC(C(N)=O)c2ccccc2)c(C#N)c1CC. The van der Waals surface area contributed by atoms with Crippen LogP contribution >= 0.6 is 11.8 Å². The van der Waals surface area contributed by atoms with Crippen molar-refractivity contribution in [3.05, 3.63) is 58.4 Å². The number of pyridine rings is 1. The van der Waals surface area contributed by atoms with E-state index in [0.717, 1.165) is 50.9 Å². The molecule has 4 rings (SSSR count). The molecule has 2 saturated heterocycles. The maximum atomic E-state index is 12.4. The molecule has 8 nitrogen and oxygen atoms in total. The number of hydrogen-bond acceptors (Lipinski definition) is 7. The molecule has 2 fully saturated rings. The number of aliphatic hydroxyl groups excluding tert-OH is 1. The number of likely N-dealkylation sites (tertiary alicyclic amines) is 1. The van der Waals surface area contributed by atoms with E-state index in [1.807, 2.05) is 37.3 Å². The van der Waals surface area contributed by atoms with Crippen LogP contribution in [0.5, 0.6) is 0 Å². The minimum Gasteiger partial charge on any atom is -0.395 e. The second-order valence-corrected chi connectivity index (χ2v) is 10.4. The Kier molecular flexibility index (Phi) is 8.48. The molecule has 0 aliphatic carbocycles. The molecule has 3 heterocycles. The maximum absolute atomic E-state index is 12.4. The highest BCUT2D eigenvalue weighted by molar-refractivity contribution is 8.00. The van der Waals surface area contributed by atoms with Crippen molar-refractivity contribution in [1.29, 1.82) is 5.26 Å². The Morgan fingerprint density at radius 3 is 2.61 bits per heavy atom. The van der Waals surface area contributed by atoms with Crippen LogP contribution in [0.2, 0.25) is 0 Å². The molecule has 2 atom stereocenters. The van der Waals surface area contributed by atoms with Gasteiger partial charge >= 0.3 is 0 Å². The van der Waals surface area contributed by atoms with Crippen LogP contribution in [0.1, 0.15) is 54.5 Å². The number of nitrogens with two attached hydrogens (primary N) is 1. The summed E-state index contributed by atoms with van der Waals surface area (Å²) >= 11 is 1.18. The molecule has 2 aliphatic heterocycles. The number of benzene rings is 1. The van der Waals surface area contributed by atoms with Crippen molar-refractivity contribution in [2.75, 3.05) is 31.1 Å². The van der Waals surface area contributed by atoms with Crippen LogP contribution in [-0.4, -0.2) is 59.2 Å². The summed E-state index contributed by atoms with van der Waals surface area (Å²) in [5, 5.41) is 19.5. The Hall–Kier alpha value is -3.11. The highest BCUT2D eigenvalue weighted by Crippen LogP contribution is 2.43. The Morgan fingerprint density at radius 1 is 1.31 bits per heavy atom. The van der Waals surface area contributed by atoms with Gasteiger partial charge in [0.05, 0.1) is 18.7 Å². The van der Waals surface area contributed by atoms with E-state index in [1.54, 1.807) is 0 Å². The number of anilines is 1. The number of primary amides is 1. The lowest BCUT2D eigenvalue weighted by molar-refractivity contribution is -0.117. The lowest BCUT2D eigenvalue weighted by Crippen LogP contribution is -2.48. The van der Waals surface area contributed by atoms with Gasteiger partial charge in [-0.1, -0.05) is 49.0 Å². The topological polar surface area (TPSA) is 111 Å². The van der Waals surface area contributed by atoms with E-state index in [0.29, 0.717) is 40.1 Å². The zero-order valence-corrected chi connectivity index (χ0v) is 21.4. The van der Waals surface area contributed by atoms with E-state index in [2.05, 4.69) is 20.7 Å². The maximum Gasteiger partial charge on any atom is 0.235 e. The van der Waals surface area contributed by atoms with Crippen molar-refractivity contribution >= 4 is 29.2 Å². The zero-order valence-electron chi connectivity index (χ0n) is 20.6. The number of carbonyl (C=O) groups is 1. The first-order valence-corrected chi connectivity index (χ1v) is 13.4. The average molecular weight is 505 g/mol. The number of amides is 1. The predicted octanol–water partition coefficient (Wildman–Crippen LogP) is 3.81. The molecule has 2 aliphatic rings. The minimum absolute atomic E-state index is 0.197. The first kappa shape index (κ1) is 26.0. The molecule has 3 N–H and O–H groups in total. The van der Waals surface area contributed by atoms with Crippen molar-refractivity contribution in [2.45, 2.75) is 61.4 Å². The molecular weight excluding hydrogens is 472 g/mol. The summed E-state index contributed by atoms with van der Waals surface area (Å²) in [6.07, 6.45) is 4.52. The second-order valence-electron chi connectivity index (χ2n) is 9.27. The fourth-order valence-electron chi connectivity index (χ4n) is 5.44. The number of thioether (sulfide) groups is 1. The summed E-state index contributed by atoms with van der Waals surface area (Å²) < 4.78 is 0. The number of nitrogens with zero attached hydrogens (tertiary/aromatic N) is 5. The van der Waals surface area contributed by atoms with Gasteiger partial charge in [0, 0.05) is 25.2 Å². The highest BCUT2D eigenvalue weighted by Gasteiger charge is 2.34. The summed E-state index contributed by atoms with van der Waals surface area (Å²) in [7, 11) is 0. The van der Waals surface area contributed by atoms with E-state index in [-0.39, 0.29) is 12.6 Å². The van der Waals surface area contributed by atoms with Gasteiger partial charge in [0.15, 0.2) is 0 Å². The van der Waals surface area contributed by atoms with Gasteiger partial charge in [-0.05, 0) is 49.8 Å². The Bertz CT molecular complexity index is 1170. The molecule has 2 aromatic rings. The number of aromatic nitrogens is 1. The van der Waals surface area contributed by atoms with Crippen LogP contribution in [0.3, 0.4) is 0 Å². The van der Waals surface area contributed by atoms with Crippen LogP contribution < -0.4 is 10.6 Å². The van der Waals surface area contributed by atoms with Crippen molar-refractivity contribution in [3.63, 3.8) is 0 Å². The van der Waals surface area contributed by atoms with Gasteiger partial charge in [-0.15, -0.1) is 0 Å². The molecular formula is C27H32N6O2S. The van der Waals surface area contributed by atoms with Gasteiger partial charge in [-0.2, -0.15) is 5.26 Å². The third-order valence-electron chi connectivity index (χ3n) is 7.25. The lowest BCUT2D eigenvalue weighted by atomic mass is 10.0. The Morgan fingerprint density at radius 2 is 2.03 bits per heavy atom. The number of rotatable bonds is 8. The summed E-state index contributed by atoms with van der Waals surface area (Å²) in [5.74, 6) is 0.0776. The number of carbonyl (C=O) groups excluding carboxylic acids is 1. The third kappa shape index (κ3) is 5.19.